The summed E-state index contributed by atoms with van der Waals surface area (Å²) < 4.78 is 0. The third-order valence-corrected chi connectivity index (χ3v) is 4.80. The molecule has 3 heterocycles. The monoisotopic (exact) mass is 335 g/mol. The molecule has 1 atom stereocenters. The van der Waals surface area contributed by atoms with E-state index in [1.165, 1.54) is 11.3 Å². The van der Waals surface area contributed by atoms with Gasteiger partial charge >= 0.3 is 6.03 Å². The zero-order chi connectivity index (χ0) is 16.2. The molecule has 0 spiro atoms. The summed E-state index contributed by atoms with van der Waals surface area (Å²) in [5.74, 6) is 0. The highest BCUT2D eigenvalue weighted by Gasteiger charge is 2.22. The van der Waals surface area contributed by atoms with Crippen LogP contribution in [0.4, 0.5) is 10.5 Å². The van der Waals surface area contributed by atoms with Crippen molar-refractivity contribution in [2.45, 2.75) is 6.04 Å². The van der Waals surface area contributed by atoms with Gasteiger partial charge in [-0.3, -0.25) is 10.00 Å². The highest BCUT2D eigenvalue weighted by atomic mass is 32.1. The molecule has 23 heavy (non-hydrogen) atoms. The lowest BCUT2D eigenvalue weighted by Crippen LogP contribution is -2.54. The van der Waals surface area contributed by atoms with Gasteiger partial charge in [0, 0.05) is 43.8 Å². The maximum Gasteiger partial charge on any atom is 0.319 e. The second-order valence-electron chi connectivity index (χ2n) is 5.73. The van der Waals surface area contributed by atoms with Crippen LogP contribution in [0.25, 0.3) is 10.7 Å². The maximum atomic E-state index is 12.2. The van der Waals surface area contributed by atoms with Crippen LogP contribution in [-0.4, -0.2) is 77.3 Å². The van der Waals surface area contributed by atoms with E-state index in [1.54, 1.807) is 12.4 Å². The number of anilines is 1. The van der Waals surface area contributed by atoms with E-state index in [-0.39, 0.29) is 6.03 Å². The second-order valence-corrected chi connectivity index (χ2v) is 6.62. The van der Waals surface area contributed by atoms with E-state index in [4.69, 9.17) is 0 Å². The van der Waals surface area contributed by atoms with Crippen LogP contribution in [0.1, 0.15) is 0 Å². The minimum atomic E-state index is -0.231. The van der Waals surface area contributed by atoms with E-state index < -0.39 is 0 Å². The number of piperazine rings is 1. The molecule has 1 saturated heterocycles. The first kappa shape index (κ1) is 15.9. The van der Waals surface area contributed by atoms with Crippen LogP contribution >= 0.6 is 11.3 Å². The first-order chi connectivity index (χ1) is 11.1. The molecule has 1 aliphatic rings. The van der Waals surface area contributed by atoms with Crippen LogP contribution in [-0.2, 0) is 0 Å². The van der Waals surface area contributed by atoms with Crippen molar-refractivity contribution in [3.05, 3.63) is 17.8 Å². The summed E-state index contributed by atoms with van der Waals surface area (Å²) in [5, 5.41) is 15.3. The van der Waals surface area contributed by atoms with Gasteiger partial charge in [-0.15, -0.1) is 11.3 Å². The molecule has 0 radical (unpaired) electrons. The summed E-state index contributed by atoms with van der Waals surface area (Å²) in [6.07, 6.45) is 3.32. The molecular weight excluding hydrogens is 314 g/mol. The van der Waals surface area contributed by atoms with E-state index in [2.05, 4.69) is 49.7 Å². The molecule has 9 heteroatoms. The van der Waals surface area contributed by atoms with Crippen molar-refractivity contribution in [3.8, 4) is 10.7 Å². The molecule has 8 nitrogen and oxygen atoms in total. The Kier molecular flexibility index (Phi) is 4.89. The number of nitrogens with zero attached hydrogens (tertiary/aromatic N) is 4. The van der Waals surface area contributed by atoms with Gasteiger partial charge < -0.3 is 15.5 Å². The lowest BCUT2D eigenvalue weighted by molar-refractivity contribution is 0.115. The zero-order valence-corrected chi connectivity index (χ0v) is 14.1. The lowest BCUT2D eigenvalue weighted by atomic mass is 10.2. The highest BCUT2D eigenvalue weighted by Crippen LogP contribution is 2.26. The van der Waals surface area contributed by atoms with Crippen molar-refractivity contribution >= 4 is 23.1 Å². The quantitative estimate of drug-likeness (QED) is 0.772. The van der Waals surface area contributed by atoms with Crippen molar-refractivity contribution in [1.29, 1.82) is 0 Å². The summed E-state index contributed by atoms with van der Waals surface area (Å²) in [4.78, 5) is 20.9. The molecule has 2 aromatic rings. The molecule has 0 saturated carbocycles. The van der Waals surface area contributed by atoms with Gasteiger partial charge in [0.15, 0.2) is 0 Å². The number of nitrogens with one attached hydrogen (secondary N) is 3. The average molecular weight is 335 g/mol. The summed E-state index contributed by atoms with van der Waals surface area (Å²) in [6, 6.07) is 0.0908. The van der Waals surface area contributed by atoms with Crippen molar-refractivity contribution in [2.75, 3.05) is 45.6 Å². The number of hydrogen-bond acceptors (Lipinski definition) is 6. The predicted octanol–water partition coefficient (Wildman–Crippen LogP) is 0.900. The van der Waals surface area contributed by atoms with Gasteiger partial charge in [0.25, 0.3) is 0 Å². The van der Waals surface area contributed by atoms with Crippen LogP contribution in [0, 0.1) is 0 Å². The van der Waals surface area contributed by atoms with Crippen molar-refractivity contribution in [1.82, 2.24) is 30.3 Å². The predicted molar refractivity (Wildman–Crippen MR) is 90.6 cm³/mol. The average Bonchev–Trinajstić information content (AvgIpc) is 3.19. The fourth-order valence-corrected chi connectivity index (χ4v) is 3.24. The normalized spacial score (nSPS) is 19.7. The number of hydrogen-bond donors (Lipinski definition) is 3. The number of amides is 2. The standard InChI is InChI=1S/C14H21N7OS/c1-20-4-5-21(2)10(9-20)7-16-14(22)18-11-8-17-19-12(11)13-15-3-6-23-13/h3,6,8,10H,4-5,7,9H2,1-2H3,(H,17,19)(H2,16,18,22). The van der Waals surface area contributed by atoms with Crippen molar-refractivity contribution in [2.24, 2.45) is 0 Å². The van der Waals surface area contributed by atoms with Gasteiger partial charge in [0.1, 0.15) is 10.7 Å². The SMILES string of the molecule is CN1CCN(C)C(CNC(=O)Nc2cn[nH]c2-c2nccs2)C1. The topological polar surface area (TPSA) is 89.2 Å². The summed E-state index contributed by atoms with van der Waals surface area (Å²) >= 11 is 1.49. The van der Waals surface area contributed by atoms with E-state index in [0.717, 1.165) is 30.3 Å². The van der Waals surface area contributed by atoms with E-state index in [9.17, 15) is 4.79 Å². The Morgan fingerprint density at radius 2 is 2.35 bits per heavy atom. The van der Waals surface area contributed by atoms with Crippen LogP contribution in [0.3, 0.4) is 0 Å². The third kappa shape index (κ3) is 3.87. The second kappa shape index (κ2) is 7.07. The number of carbonyl (C=O) groups excluding carboxylic acids is 1. The number of rotatable bonds is 4. The summed E-state index contributed by atoms with van der Waals surface area (Å²) in [5.41, 5.74) is 1.36. The Labute approximate surface area is 138 Å². The molecule has 124 valence electrons. The number of H-pyrrole nitrogens is 1. The molecule has 0 aliphatic carbocycles. The third-order valence-electron chi connectivity index (χ3n) is 4.01. The highest BCUT2D eigenvalue weighted by molar-refractivity contribution is 7.13. The largest absolute Gasteiger partial charge is 0.336 e. The molecule has 1 aliphatic heterocycles. The van der Waals surface area contributed by atoms with Gasteiger partial charge in [-0.1, -0.05) is 0 Å². The van der Waals surface area contributed by atoms with Gasteiger partial charge in [-0.05, 0) is 14.1 Å². The van der Waals surface area contributed by atoms with Gasteiger partial charge in [-0.2, -0.15) is 5.10 Å². The minimum absolute atomic E-state index is 0.231. The Morgan fingerprint density at radius 1 is 1.48 bits per heavy atom. The fourth-order valence-electron chi connectivity index (χ4n) is 2.59. The van der Waals surface area contributed by atoms with Gasteiger partial charge in [-0.25, -0.2) is 9.78 Å². The molecule has 0 bridgehead atoms. The molecule has 1 fully saturated rings. The number of likely N-dealkylation sites (N-methyl/N-ethyl adjacent to an activating group) is 2. The molecule has 0 aromatic carbocycles. The van der Waals surface area contributed by atoms with Crippen molar-refractivity contribution < 1.29 is 4.79 Å². The van der Waals surface area contributed by atoms with E-state index in [0.29, 0.717) is 18.3 Å². The molecule has 2 amide bonds. The first-order valence-electron chi connectivity index (χ1n) is 7.50. The maximum absolute atomic E-state index is 12.2. The molecule has 3 rings (SSSR count). The Hall–Kier alpha value is -1.97. The minimum Gasteiger partial charge on any atom is -0.336 e. The smallest absolute Gasteiger partial charge is 0.319 e. The van der Waals surface area contributed by atoms with Gasteiger partial charge in [0.05, 0.1) is 11.9 Å². The zero-order valence-electron chi connectivity index (χ0n) is 13.2. The van der Waals surface area contributed by atoms with Crippen molar-refractivity contribution in [3.63, 3.8) is 0 Å². The summed E-state index contributed by atoms with van der Waals surface area (Å²) in [7, 11) is 4.19. The Bertz CT molecular complexity index is 641. The van der Waals surface area contributed by atoms with Crippen LogP contribution in [0.15, 0.2) is 17.8 Å². The van der Waals surface area contributed by atoms with Crippen LogP contribution in [0.5, 0.6) is 0 Å². The number of carbonyl (C=O) groups is 1. The Balaban J connectivity index is 1.55. The molecule has 3 N–H and O–H groups in total. The molecule has 2 aromatic heterocycles. The number of aromatic nitrogens is 3. The fraction of sp³-hybridized carbons (Fsp3) is 0.500. The van der Waals surface area contributed by atoms with Gasteiger partial charge in [0.2, 0.25) is 0 Å². The van der Waals surface area contributed by atoms with E-state index in [1.807, 2.05) is 5.38 Å². The van der Waals surface area contributed by atoms with Crippen LogP contribution < -0.4 is 10.6 Å². The number of thiazole rings is 1. The summed E-state index contributed by atoms with van der Waals surface area (Å²) in [6.45, 7) is 3.63. The van der Waals surface area contributed by atoms with Crippen LogP contribution in [0.2, 0.25) is 0 Å². The molecule has 1 unspecified atom stereocenters. The number of urea groups is 1. The lowest BCUT2D eigenvalue weighted by Gasteiger charge is -2.37. The number of aromatic amines is 1. The first-order valence-corrected chi connectivity index (χ1v) is 8.38. The molecular formula is C14H21N7OS. The Morgan fingerprint density at radius 3 is 3.13 bits per heavy atom. The van der Waals surface area contributed by atoms with E-state index >= 15 is 0 Å².